The second-order valence-corrected chi connectivity index (χ2v) is 6.08. The summed E-state index contributed by atoms with van der Waals surface area (Å²) in [5.41, 5.74) is 0. The van der Waals surface area contributed by atoms with E-state index in [0.29, 0.717) is 12.5 Å². The molecule has 24 heavy (non-hydrogen) atoms. The summed E-state index contributed by atoms with van der Waals surface area (Å²) >= 11 is 0. The molecule has 1 aliphatic rings. The summed E-state index contributed by atoms with van der Waals surface area (Å²) in [6.45, 7) is -0.276. The molecule has 1 amide bonds. The van der Waals surface area contributed by atoms with E-state index in [1.807, 2.05) is 0 Å². The third-order valence-corrected chi connectivity index (χ3v) is 4.26. The Morgan fingerprint density at radius 1 is 1.08 bits per heavy atom. The third kappa shape index (κ3) is 5.11. The predicted octanol–water partition coefficient (Wildman–Crippen LogP) is 4.10. The molecule has 3 nitrogen and oxygen atoms in total. The monoisotopic (exact) mass is 347 g/mol. The van der Waals surface area contributed by atoms with E-state index >= 15 is 0 Å². The molecule has 1 saturated carbocycles. The van der Waals surface area contributed by atoms with Crippen LogP contribution in [0.5, 0.6) is 5.75 Å². The molecule has 0 unspecified atom stereocenters. The highest BCUT2D eigenvalue weighted by Crippen LogP contribution is 2.27. The standard InChI is InChI=1S/C17H21F4NO2/c18-12-9-13(19)16(21)17(15(12)20)24-10-14(23)22-8-4-7-11-5-2-1-3-6-11/h9,11H,1-8,10H2,(H,22,23). The molecule has 0 bridgehead atoms. The van der Waals surface area contributed by atoms with Gasteiger partial charge in [0.15, 0.2) is 24.0 Å². The van der Waals surface area contributed by atoms with Gasteiger partial charge >= 0.3 is 0 Å². The second-order valence-electron chi connectivity index (χ2n) is 6.08. The number of hydrogen-bond donors (Lipinski definition) is 1. The molecular formula is C17H21F4NO2. The highest BCUT2D eigenvalue weighted by atomic mass is 19.2. The van der Waals surface area contributed by atoms with Crippen molar-refractivity contribution in [2.75, 3.05) is 13.2 Å². The van der Waals surface area contributed by atoms with Gasteiger partial charge in [-0.25, -0.2) is 8.78 Å². The Morgan fingerprint density at radius 2 is 1.71 bits per heavy atom. The van der Waals surface area contributed by atoms with Gasteiger partial charge in [0.2, 0.25) is 11.6 Å². The number of hydrogen-bond acceptors (Lipinski definition) is 2. The van der Waals surface area contributed by atoms with Crippen LogP contribution in [-0.4, -0.2) is 19.1 Å². The Kier molecular flexibility index (Phi) is 6.87. The summed E-state index contributed by atoms with van der Waals surface area (Å²) in [6, 6.07) is 0.0862. The highest BCUT2D eigenvalue weighted by molar-refractivity contribution is 5.77. The average molecular weight is 347 g/mol. The van der Waals surface area contributed by atoms with E-state index in [-0.39, 0.29) is 6.07 Å². The summed E-state index contributed by atoms with van der Waals surface area (Å²) in [4.78, 5) is 11.6. The number of halogens is 4. The Hall–Kier alpha value is -1.79. The summed E-state index contributed by atoms with van der Waals surface area (Å²) < 4.78 is 57.3. The molecule has 0 aliphatic heterocycles. The fourth-order valence-electron chi connectivity index (χ4n) is 2.96. The Morgan fingerprint density at radius 3 is 2.33 bits per heavy atom. The van der Waals surface area contributed by atoms with Gasteiger partial charge in [-0.3, -0.25) is 4.79 Å². The van der Waals surface area contributed by atoms with E-state index in [1.54, 1.807) is 0 Å². The molecule has 134 valence electrons. The molecule has 1 fully saturated rings. The van der Waals surface area contributed by atoms with Crippen molar-refractivity contribution in [1.82, 2.24) is 5.32 Å². The fraction of sp³-hybridized carbons (Fsp3) is 0.588. The van der Waals surface area contributed by atoms with Crippen LogP contribution in [0.1, 0.15) is 44.9 Å². The number of nitrogens with one attached hydrogen (secondary N) is 1. The Bertz CT molecular complexity index is 548. The first-order chi connectivity index (χ1) is 11.5. The SMILES string of the molecule is O=C(COc1c(F)c(F)cc(F)c1F)NCCCC1CCCCC1. The molecule has 2 rings (SSSR count). The van der Waals surface area contributed by atoms with Gasteiger partial charge in [-0.1, -0.05) is 32.1 Å². The first-order valence-corrected chi connectivity index (χ1v) is 8.21. The van der Waals surface area contributed by atoms with Crippen molar-refractivity contribution in [2.24, 2.45) is 5.92 Å². The van der Waals surface area contributed by atoms with E-state index in [9.17, 15) is 22.4 Å². The lowest BCUT2D eigenvalue weighted by Crippen LogP contribution is -2.30. The minimum absolute atomic E-state index is 0.0862. The van der Waals surface area contributed by atoms with Crippen molar-refractivity contribution in [3.8, 4) is 5.75 Å². The van der Waals surface area contributed by atoms with Gasteiger partial charge in [0, 0.05) is 12.6 Å². The largest absolute Gasteiger partial charge is 0.477 e. The van der Waals surface area contributed by atoms with Crippen LogP contribution in [0.3, 0.4) is 0 Å². The molecular weight excluding hydrogens is 326 g/mol. The van der Waals surface area contributed by atoms with E-state index in [1.165, 1.54) is 32.1 Å². The van der Waals surface area contributed by atoms with Gasteiger partial charge < -0.3 is 10.1 Å². The van der Waals surface area contributed by atoms with Gasteiger partial charge in [-0.2, -0.15) is 8.78 Å². The number of carbonyl (C=O) groups excluding carboxylic acids is 1. The van der Waals surface area contributed by atoms with Gasteiger partial charge in [0.1, 0.15) is 0 Å². The van der Waals surface area contributed by atoms with E-state index < -0.39 is 41.5 Å². The van der Waals surface area contributed by atoms with E-state index in [2.05, 4.69) is 10.1 Å². The van der Waals surface area contributed by atoms with Crippen LogP contribution in [0.15, 0.2) is 6.07 Å². The summed E-state index contributed by atoms with van der Waals surface area (Å²) in [5, 5.41) is 2.56. The number of benzene rings is 1. The molecule has 1 aromatic rings. The molecule has 0 radical (unpaired) electrons. The lowest BCUT2D eigenvalue weighted by molar-refractivity contribution is -0.123. The van der Waals surface area contributed by atoms with Crippen LogP contribution >= 0.6 is 0 Å². The number of amides is 1. The average Bonchev–Trinajstić information content (AvgIpc) is 2.58. The molecule has 1 aliphatic carbocycles. The molecule has 1 N–H and O–H groups in total. The minimum atomic E-state index is -1.65. The number of carbonyl (C=O) groups is 1. The smallest absolute Gasteiger partial charge is 0.257 e. The lowest BCUT2D eigenvalue weighted by atomic mass is 9.86. The number of ether oxygens (including phenoxy) is 1. The molecule has 1 aromatic carbocycles. The maximum Gasteiger partial charge on any atom is 0.257 e. The first kappa shape index (κ1) is 18.5. The van der Waals surface area contributed by atoms with Crippen LogP contribution in [0.4, 0.5) is 17.6 Å². The van der Waals surface area contributed by atoms with Crippen molar-refractivity contribution in [2.45, 2.75) is 44.9 Å². The quantitative estimate of drug-likeness (QED) is 0.458. The zero-order valence-corrected chi connectivity index (χ0v) is 13.3. The maximum absolute atomic E-state index is 13.4. The van der Waals surface area contributed by atoms with Crippen molar-refractivity contribution < 1.29 is 27.1 Å². The first-order valence-electron chi connectivity index (χ1n) is 8.21. The maximum atomic E-state index is 13.4. The fourth-order valence-corrected chi connectivity index (χ4v) is 2.96. The zero-order valence-electron chi connectivity index (χ0n) is 13.3. The third-order valence-electron chi connectivity index (χ3n) is 4.26. The second kappa shape index (κ2) is 8.89. The summed E-state index contributed by atoms with van der Waals surface area (Å²) in [6.07, 6.45) is 8.09. The van der Waals surface area contributed by atoms with Crippen molar-refractivity contribution in [3.63, 3.8) is 0 Å². The normalized spacial score (nSPS) is 15.3. The molecule has 0 spiro atoms. The molecule has 0 heterocycles. The van der Waals surface area contributed by atoms with Crippen molar-refractivity contribution in [3.05, 3.63) is 29.3 Å². The van der Waals surface area contributed by atoms with E-state index in [4.69, 9.17) is 0 Å². The van der Waals surface area contributed by atoms with Gasteiger partial charge in [0.25, 0.3) is 5.91 Å². The van der Waals surface area contributed by atoms with Gasteiger partial charge in [-0.05, 0) is 18.8 Å². The molecule has 0 aromatic heterocycles. The predicted molar refractivity (Wildman–Crippen MR) is 80.6 cm³/mol. The van der Waals surface area contributed by atoms with Crippen molar-refractivity contribution in [1.29, 1.82) is 0 Å². The van der Waals surface area contributed by atoms with Crippen LogP contribution in [-0.2, 0) is 4.79 Å². The highest BCUT2D eigenvalue weighted by Gasteiger charge is 2.21. The van der Waals surface area contributed by atoms with E-state index in [0.717, 1.165) is 12.8 Å². The minimum Gasteiger partial charge on any atom is -0.477 e. The van der Waals surface area contributed by atoms with Gasteiger partial charge in [0.05, 0.1) is 0 Å². The molecule has 0 atom stereocenters. The van der Waals surface area contributed by atoms with Crippen LogP contribution in [0, 0.1) is 29.2 Å². The van der Waals surface area contributed by atoms with Crippen LogP contribution < -0.4 is 10.1 Å². The van der Waals surface area contributed by atoms with Gasteiger partial charge in [-0.15, -0.1) is 0 Å². The van der Waals surface area contributed by atoms with Crippen LogP contribution in [0.25, 0.3) is 0 Å². The van der Waals surface area contributed by atoms with Crippen molar-refractivity contribution >= 4 is 5.91 Å². The van der Waals surface area contributed by atoms with Crippen LogP contribution in [0.2, 0.25) is 0 Å². The topological polar surface area (TPSA) is 38.3 Å². The lowest BCUT2D eigenvalue weighted by Gasteiger charge is -2.21. The molecule has 0 saturated heterocycles. The summed E-state index contributed by atoms with van der Waals surface area (Å²) in [7, 11) is 0. The summed E-state index contributed by atoms with van der Waals surface area (Å²) in [5.74, 6) is -7.57. The Balaban J connectivity index is 1.71. The zero-order chi connectivity index (χ0) is 17.5. The Labute approximate surface area is 138 Å². The molecule has 7 heteroatoms. The number of rotatable bonds is 7.